The predicted octanol–water partition coefficient (Wildman–Crippen LogP) is 4.18. The lowest BCUT2D eigenvalue weighted by Crippen LogP contribution is -2.35. The molecule has 5 heteroatoms. The first-order chi connectivity index (χ1) is 10.1. The van der Waals surface area contributed by atoms with Crippen LogP contribution < -0.4 is 5.32 Å². The molecule has 0 radical (unpaired) electrons. The number of halogens is 3. The van der Waals surface area contributed by atoms with Gasteiger partial charge in [0.2, 0.25) is 5.91 Å². The Morgan fingerprint density at radius 1 is 1.29 bits per heavy atom. The first-order valence-electron chi connectivity index (χ1n) is 7.37. The summed E-state index contributed by atoms with van der Waals surface area (Å²) in [6.07, 6.45) is 4.60. The third-order valence-corrected chi connectivity index (χ3v) is 4.98. The number of alkyl halides is 1. The van der Waals surface area contributed by atoms with Crippen molar-refractivity contribution in [2.75, 3.05) is 12.4 Å². The van der Waals surface area contributed by atoms with E-state index in [0.29, 0.717) is 29.3 Å². The van der Waals surface area contributed by atoms with Gasteiger partial charge in [-0.3, -0.25) is 4.79 Å². The van der Waals surface area contributed by atoms with E-state index in [0.717, 1.165) is 12.8 Å². The largest absolute Gasteiger partial charge is 0.356 e. The van der Waals surface area contributed by atoms with Gasteiger partial charge in [-0.2, -0.15) is 0 Å². The van der Waals surface area contributed by atoms with Gasteiger partial charge >= 0.3 is 0 Å². The molecule has 1 aliphatic carbocycles. The number of amides is 1. The van der Waals surface area contributed by atoms with Crippen molar-refractivity contribution in [2.24, 2.45) is 11.8 Å². The van der Waals surface area contributed by atoms with E-state index in [2.05, 4.69) is 5.32 Å². The van der Waals surface area contributed by atoms with Crippen LogP contribution in [0.3, 0.4) is 0 Å². The Morgan fingerprint density at radius 2 is 2.00 bits per heavy atom. The van der Waals surface area contributed by atoms with Gasteiger partial charge in [0.15, 0.2) is 0 Å². The Bertz CT molecular complexity index is 475. The summed E-state index contributed by atoms with van der Waals surface area (Å²) < 4.78 is 13.6. The Kier molecular flexibility index (Phi) is 6.31. The van der Waals surface area contributed by atoms with Gasteiger partial charge in [-0.15, -0.1) is 11.6 Å². The zero-order chi connectivity index (χ0) is 15.2. The van der Waals surface area contributed by atoms with Gasteiger partial charge < -0.3 is 5.32 Å². The molecule has 21 heavy (non-hydrogen) atoms. The average molecular weight is 332 g/mol. The quantitative estimate of drug-likeness (QED) is 0.805. The maximum Gasteiger partial charge on any atom is 0.224 e. The van der Waals surface area contributed by atoms with Crippen LogP contribution in [0.4, 0.5) is 4.39 Å². The van der Waals surface area contributed by atoms with Crippen molar-refractivity contribution in [1.82, 2.24) is 5.32 Å². The van der Waals surface area contributed by atoms with E-state index in [4.69, 9.17) is 23.2 Å². The van der Waals surface area contributed by atoms with Gasteiger partial charge in [0.1, 0.15) is 5.82 Å². The third kappa shape index (κ3) is 4.58. The smallest absolute Gasteiger partial charge is 0.224 e. The summed E-state index contributed by atoms with van der Waals surface area (Å²) >= 11 is 11.9. The van der Waals surface area contributed by atoms with Crippen LogP contribution in [0.15, 0.2) is 18.2 Å². The van der Waals surface area contributed by atoms with Crippen molar-refractivity contribution in [1.29, 1.82) is 0 Å². The van der Waals surface area contributed by atoms with Crippen molar-refractivity contribution in [3.63, 3.8) is 0 Å². The van der Waals surface area contributed by atoms with Crippen LogP contribution in [0.5, 0.6) is 0 Å². The summed E-state index contributed by atoms with van der Waals surface area (Å²) in [5, 5.41) is 3.19. The molecule has 1 N–H and O–H groups in total. The van der Waals surface area contributed by atoms with Crippen LogP contribution in [0, 0.1) is 17.7 Å². The highest BCUT2D eigenvalue weighted by molar-refractivity contribution is 6.31. The Labute approximate surface area is 135 Å². The molecule has 0 heterocycles. The number of nitrogens with one attached hydrogen (secondary N) is 1. The predicted molar refractivity (Wildman–Crippen MR) is 84.3 cm³/mol. The Balaban J connectivity index is 1.87. The first-order valence-corrected chi connectivity index (χ1v) is 8.28. The molecule has 2 nitrogen and oxygen atoms in total. The summed E-state index contributed by atoms with van der Waals surface area (Å²) in [6.45, 7) is 0.613. The van der Waals surface area contributed by atoms with Crippen LogP contribution in [-0.4, -0.2) is 18.3 Å². The lowest BCUT2D eigenvalue weighted by Gasteiger charge is -2.30. The fourth-order valence-electron chi connectivity index (χ4n) is 2.93. The van der Waals surface area contributed by atoms with Crippen molar-refractivity contribution in [2.45, 2.75) is 32.1 Å². The molecule has 0 aromatic heterocycles. The summed E-state index contributed by atoms with van der Waals surface area (Å²) in [5.74, 6) is 0.906. The third-order valence-electron chi connectivity index (χ3n) is 4.23. The van der Waals surface area contributed by atoms with Crippen LogP contribution in [-0.2, 0) is 11.2 Å². The lowest BCUT2D eigenvalue weighted by molar-refractivity contribution is -0.120. The fourth-order valence-corrected chi connectivity index (χ4v) is 3.56. The number of carbonyl (C=O) groups is 1. The lowest BCUT2D eigenvalue weighted by atomic mass is 9.80. The van der Waals surface area contributed by atoms with E-state index >= 15 is 0 Å². The molecule has 1 saturated carbocycles. The Morgan fingerprint density at radius 3 is 2.67 bits per heavy atom. The van der Waals surface area contributed by atoms with Gasteiger partial charge in [-0.1, -0.05) is 30.5 Å². The van der Waals surface area contributed by atoms with Crippen molar-refractivity contribution in [3.8, 4) is 0 Å². The highest BCUT2D eigenvalue weighted by Gasteiger charge is 2.24. The molecule has 1 aromatic rings. The van der Waals surface area contributed by atoms with Gasteiger partial charge in [0, 0.05) is 23.0 Å². The molecular formula is C16H20Cl2FNO. The number of hydrogen-bond acceptors (Lipinski definition) is 1. The van der Waals surface area contributed by atoms with Gasteiger partial charge in [-0.05, 0) is 36.8 Å². The maximum atomic E-state index is 13.6. The maximum absolute atomic E-state index is 13.6. The zero-order valence-corrected chi connectivity index (χ0v) is 13.4. The molecule has 0 saturated heterocycles. The summed E-state index contributed by atoms with van der Waals surface area (Å²) in [6, 6.07) is 4.45. The summed E-state index contributed by atoms with van der Waals surface area (Å²) in [5.41, 5.74) is 0.259. The monoisotopic (exact) mass is 331 g/mol. The van der Waals surface area contributed by atoms with Crippen molar-refractivity contribution < 1.29 is 9.18 Å². The molecule has 0 bridgehead atoms. The van der Waals surface area contributed by atoms with Gasteiger partial charge in [-0.25, -0.2) is 4.39 Å². The molecule has 1 amide bonds. The second-order valence-electron chi connectivity index (χ2n) is 5.64. The SMILES string of the molecule is O=C(Cc1c(F)cccc1Cl)NCC1CCCCC1CCl. The Hall–Kier alpha value is -0.800. The highest BCUT2D eigenvalue weighted by atomic mass is 35.5. The fraction of sp³-hybridized carbons (Fsp3) is 0.562. The van der Waals surface area contributed by atoms with Crippen LogP contribution in [0.2, 0.25) is 5.02 Å². The zero-order valence-electron chi connectivity index (χ0n) is 11.9. The minimum absolute atomic E-state index is 0.0240. The summed E-state index contributed by atoms with van der Waals surface area (Å²) in [4.78, 5) is 12.0. The normalized spacial score (nSPS) is 22.0. The van der Waals surface area contributed by atoms with E-state index in [1.807, 2.05) is 0 Å². The van der Waals surface area contributed by atoms with E-state index in [1.165, 1.54) is 25.0 Å². The molecule has 2 atom stereocenters. The topological polar surface area (TPSA) is 29.1 Å². The molecule has 116 valence electrons. The molecular weight excluding hydrogens is 312 g/mol. The number of hydrogen-bond donors (Lipinski definition) is 1. The molecule has 1 aliphatic rings. The van der Waals surface area contributed by atoms with Crippen LogP contribution in [0.25, 0.3) is 0 Å². The number of carbonyl (C=O) groups excluding carboxylic acids is 1. The van der Waals surface area contributed by atoms with Crippen LogP contribution in [0.1, 0.15) is 31.2 Å². The minimum atomic E-state index is -0.436. The van der Waals surface area contributed by atoms with Gasteiger partial charge in [0.05, 0.1) is 6.42 Å². The second kappa shape index (κ2) is 8.00. The van der Waals surface area contributed by atoms with Crippen molar-refractivity contribution >= 4 is 29.1 Å². The molecule has 0 aliphatic heterocycles. The minimum Gasteiger partial charge on any atom is -0.356 e. The van der Waals surface area contributed by atoms with Crippen LogP contribution >= 0.6 is 23.2 Å². The molecule has 2 rings (SSSR count). The standard InChI is InChI=1S/C16H20Cl2FNO/c17-9-11-4-1-2-5-12(11)10-20-16(21)8-13-14(18)6-3-7-15(13)19/h3,6-7,11-12H,1-2,4-5,8-10H2,(H,20,21). The van der Waals surface area contributed by atoms with Crippen molar-refractivity contribution in [3.05, 3.63) is 34.6 Å². The molecule has 0 spiro atoms. The second-order valence-corrected chi connectivity index (χ2v) is 6.36. The first kappa shape index (κ1) is 16.6. The van der Waals surface area contributed by atoms with E-state index in [1.54, 1.807) is 6.07 Å². The highest BCUT2D eigenvalue weighted by Crippen LogP contribution is 2.30. The molecule has 2 unspecified atom stereocenters. The number of benzene rings is 1. The van der Waals surface area contributed by atoms with Gasteiger partial charge in [0.25, 0.3) is 0 Å². The molecule has 1 fully saturated rings. The van der Waals surface area contributed by atoms with E-state index in [9.17, 15) is 9.18 Å². The molecule has 1 aromatic carbocycles. The number of rotatable bonds is 5. The van der Waals surface area contributed by atoms with E-state index in [-0.39, 0.29) is 17.9 Å². The average Bonchev–Trinajstić information content (AvgIpc) is 2.49. The van der Waals surface area contributed by atoms with E-state index < -0.39 is 5.82 Å². The summed E-state index contributed by atoms with van der Waals surface area (Å²) in [7, 11) is 0.